The standard InChI is InChI=1S/C20H26N2O5/c1-25-18-6-3-2-5-16(18)14-26-15-17(23)13-21-8-10-22(11-9-21)20(24)19-7-4-12-27-19/h2-7,12,17,23H,8-11,13-15H2,1H3. The van der Waals surface area contributed by atoms with Crippen LogP contribution in [0.4, 0.5) is 0 Å². The normalized spacial score (nSPS) is 16.3. The fourth-order valence-electron chi connectivity index (χ4n) is 3.17. The maximum atomic E-state index is 12.3. The van der Waals surface area contributed by atoms with Gasteiger partial charge in [-0.15, -0.1) is 0 Å². The van der Waals surface area contributed by atoms with Crippen LogP contribution in [-0.4, -0.2) is 73.4 Å². The molecule has 1 atom stereocenters. The highest BCUT2D eigenvalue weighted by atomic mass is 16.5. The molecule has 0 radical (unpaired) electrons. The average Bonchev–Trinajstić information content (AvgIpc) is 3.23. The Labute approximate surface area is 159 Å². The Morgan fingerprint density at radius 2 is 1.96 bits per heavy atom. The van der Waals surface area contributed by atoms with Crippen LogP contribution in [0.3, 0.4) is 0 Å². The quantitative estimate of drug-likeness (QED) is 0.757. The Bertz CT molecular complexity index is 711. The molecule has 1 aromatic carbocycles. The summed E-state index contributed by atoms with van der Waals surface area (Å²) in [4.78, 5) is 16.2. The smallest absolute Gasteiger partial charge is 0.289 e. The number of rotatable bonds is 8. The minimum atomic E-state index is -0.577. The van der Waals surface area contributed by atoms with Crippen LogP contribution in [0, 0.1) is 0 Å². The number of hydrogen-bond donors (Lipinski definition) is 1. The highest BCUT2D eigenvalue weighted by Crippen LogP contribution is 2.18. The monoisotopic (exact) mass is 374 g/mol. The van der Waals surface area contributed by atoms with Gasteiger partial charge in [-0.05, 0) is 18.2 Å². The molecule has 7 nitrogen and oxygen atoms in total. The van der Waals surface area contributed by atoms with Crippen molar-refractivity contribution in [1.82, 2.24) is 9.80 Å². The van der Waals surface area contributed by atoms with Gasteiger partial charge in [0, 0.05) is 38.3 Å². The molecule has 3 rings (SSSR count). The number of methoxy groups -OCH3 is 1. The maximum Gasteiger partial charge on any atom is 0.289 e. The lowest BCUT2D eigenvalue weighted by Gasteiger charge is -2.35. The lowest BCUT2D eigenvalue weighted by Crippen LogP contribution is -2.50. The number of nitrogens with zero attached hydrogens (tertiary/aromatic N) is 2. The molecular formula is C20H26N2O5. The van der Waals surface area contributed by atoms with E-state index in [9.17, 15) is 9.90 Å². The number of β-amino-alcohol motifs (C(OH)–C–C–N with tert-alkyl or cyclic N) is 1. The van der Waals surface area contributed by atoms with Crippen molar-refractivity contribution in [3.63, 3.8) is 0 Å². The first-order valence-electron chi connectivity index (χ1n) is 9.10. The maximum absolute atomic E-state index is 12.3. The van der Waals surface area contributed by atoms with E-state index in [-0.39, 0.29) is 12.5 Å². The molecule has 1 fully saturated rings. The van der Waals surface area contributed by atoms with E-state index in [0.717, 1.165) is 24.4 Å². The van der Waals surface area contributed by atoms with Crippen LogP contribution < -0.4 is 4.74 Å². The lowest BCUT2D eigenvalue weighted by molar-refractivity contribution is 0.00141. The van der Waals surface area contributed by atoms with Gasteiger partial charge in [-0.2, -0.15) is 0 Å². The number of furan rings is 1. The second kappa shape index (κ2) is 9.55. The van der Waals surface area contributed by atoms with Crippen molar-refractivity contribution in [3.05, 3.63) is 54.0 Å². The van der Waals surface area contributed by atoms with Gasteiger partial charge in [0.1, 0.15) is 5.75 Å². The van der Waals surface area contributed by atoms with Crippen LogP contribution >= 0.6 is 0 Å². The van der Waals surface area contributed by atoms with E-state index in [1.165, 1.54) is 6.26 Å². The zero-order valence-corrected chi connectivity index (χ0v) is 15.5. The van der Waals surface area contributed by atoms with E-state index in [1.54, 1.807) is 24.1 Å². The summed E-state index contributed by atoms with van der Waals surface area (Å²) < 4.78 is 16.1. The number of carbonyl (C=O) groups is 1. The van der Waals surface area contributed by atoms with E-state index in [4.69, 9.17) is 13.9 Å². The second-order valence-corrected chi connectivity index (χ2v) is 6.55. The summed E-state index contributed by atoms with van der Waals surface area (Å²) in [5.74, 6) is 1.07. The van der Waals surface area contributed by atoms with Crippen molar-refractivity contribution < 1.29 is 23.8 Å². The Morgan fingerprint density at radius 3 is 2.67 bits per heavy atom. The van der Waals surface area contributed by atoms with E-state index < -0.39 is 6.10 Å². The van der Waals surface area contributed by atoms with Gasteiger partial charge in [-0.3, -0.25) is 9.69 Å². The highest BCUT2D eigenvalue weighted by molar-refractivity contribution is 5.91. The molecule has 1 N–H and O–H groups in total. The third kappa shape index (κ3) is 5.32. The van der Waals surface area contributed by atoms with Gasteiger partial charge >= 0.3 is 0 Å². The number of piperazine rings is 1. The molecule has 1 aromatic heterocycles. The number of ether oxygens (including phenoxy) is 2. The van der Waals surface area contributed by atoms with E-state index in [0.29, 0.717) is 32.0 Å². The minimum Gasteiger partial charge on any atom is -0.496 e. The molecule has 0 bridgehead atoms. The summed E-state index contributed by atoms with van der Waals surface area (Å²) in [5.41, 5.74) is 0.956. The van der Waals surface area contributed by atoms with E-state index in [1.807, 2.05) is 24.3 Å². The Balaban J connectivity index is 1.37. The van der Waals surface area contributed by atoms with Gasteiger partial charge in [-0.25, -0.2) is 0 Å². The van der Waals surface area contributed by atoms with Crippen LogP contribution in [0.1, 0.15) is 16.1 Å². The number of aliphatic hydroxyl groups excluding tert-OH is 1. The third-order valence-electron chi connectivity index (χ3n) is 4.62. The topological polar surface area (TPSA) is 75.4 Å². The molecule has 27 heavy (non-hydrogen) atoms. The van der Waals surface area contributed by atoms with Gasteiger partial charge < -0.3 is 23.9 Å². The lowest BCUT2D eigenvalue weighted by atomic mass is 10.2. The fourth-order valence-corrected chi connectivity index (χ4v) is 3.17. The molecule has 0 saturated carbocycles. The summed E-state index contributed by atoms with van der Waals surface area (Å²) in [7, 11) is 1.63. The molecule has 1 saturated heterocycles. The van der Waals surface area contributed by atoms with Gasteiger partial charge in [-0.1, -0.05) is 18.2 Å². The van der Waals surface area contributed by atoms with Gasteiger partial charge in [0.05, 0.1) is 32.7 Å². The largest absolute Gasteiger partial charge is 0.496 e. The van der Waals surface area contributed by atoms with Crippen LogP contribution in [0.5, 0.6) is 5.75 Å². The van der Waals surface area contributed by atoms with Crippen LogP contribution in [-0.2, 0) is 11.3 Å². The van der Waals surface area contributed by atoms with E-state index >= 15 is 0 Å². The third-order valence-corrected chi connectivity index (χ3v) is 4.62. The Hall–Kier alpha value is -2.35. The first kappa shape index (κ1) is 19.4. The molecular weight excluding hydrogens is 348 g/mol. The van der Waals surface area contributed by atoms with Gasteiger partial charge in [0.15, 0.2) is 5.76 Å². The SMILES string of the molecule is COc1ccccc1COCC(O)CN1CCN(C(=O)c2ccco2)CC1. The zero-order valence-electron chi connectivity index (χ0n) is 15.5. The van der Waals surface area contributed by atoms with E-state index in [2.05, 4.69) is 4.90 Å². The molecule has 7 heteroatoms. The minimum absolute atomic E-state index is 0.0830. The molecule has 2 heterocycles. The van der Waals surface area contributed by atoms with Crippen molar-refractivity contribution in [2.45, 2.75) is 12.7 Å². The van der Waals surface area contributed by atoms with Crippen molar-refractivity contribution >= 4 is 5.91 Å². The number of benzene rings is 1. The van der Waals surface area contributed by atoms with Crippen LogP contribution in [0.2, 0.25) is 0 Å². The molecule has 2 aromatic rings. The first-order chi connectivity index (χ1) is 13.2. The molecule has 146 valence electrons. The summed E-state index contributed by atoms with van der Waals surface area (Å²) >= 11 is 0. The molecule has 1 unspecified atom stereocenters. The molecule has 1 amide bonds. The molecule has 0 spiro atoms. The summed E-state index contributed by atoms with van der Waals surface area (Å²) in [6.45, 7) is 3.85. The molecule has 1 aliphatic rings. The second-order valence-electron chi connectivity index (χ2n) is 6.55. The van der Waals surface area contributed by atoms with Gasteiger partial charge in [0.25, 0.3) is 5.91 Å². The first-order valence-corrected chi connectivity index (χ1v) is 9.10. The zero-order chi connectivity index (χ0) is 19.1. The summed E-state index contributed by atoms with van der Waals surface area (Å²) in [6.07, 6.45) is 0.928. The van der Waals surface area contributed by atoms with Crippen molar-refractivity contribution in [2.75, 3.05) is 46.4 Å². The Kier molecular flexibility index (Phi) is 6.86. The van der Waals surface area contributed by atoms with Crippen LogP contribution in [0.25, 0.3) is 0 Å². The Morgan fingerprint density at radius 1 is 1.19 bits per heavy atom. The number of para-hydroxylation sites is 1. The summed E-state index contributed by atoms with van der Waals surface area (Å²) in [5, 5.41) is 10.2. The number of amides is 1. The summed E-state index contributed by atoms with van der Waals surface area (Å²) in [6, 6.07) is 11.1. The van der Waals surface area contributed by atoms with Crippen molar-refractivity contribution in [2.24, 2.45) is 0 Å². The number of aliphatic hydroxyl groups is 1. The number of carbonyl (C=O) groups excluding carboxylic acids is 1. The molecule has 0 aliphatic carbocycles. The predicted molar refractivity (Wildman–Crippen MR) is 99.7 cm³/mol. The fraction of sp³-hybridized carbons (Fsp3) is 0.450. The van der Waals surface area contributed by atoms with Crippen LogP contribution in [0.15, 0.2) is 47.1 Å². The number of hydrogen-bond acceptors (Lipinski definition) is 6. The highest BCUT2D eigenvalue weighted by Gasteiger charge is 2.24. The predicted octanol–water partition coefficient (Wildman–Crippen LogP) is 1.62. The average molecular weight is 374 g/mol. The van der Waals surface area contributed by atoms with Gasteiger partial charge in [0.2, 0.25) is 0 Å². The van der Waals surface area contributed by atoms with Crippen molar-refractivity contribution in [3.8, 4) is 5.75 Å². The molecule has 1 aliphatic heterocycles. The van der Waals surface area contributed by atoms with Crippen molar-refractivity contribution in [1.29, 1.82) is 0 Å².